The van der Waals surface area contributed by atoms with Crippen molar-refractivity contribution in [1.29, 1.82) is 0 Å². The molecule has 0 unspecified atom stereocenters. The number of hydrogen-bond acceptors (Lipinski definition) is 6. The molecule has 8 nitrogen and oxygen atoms in total. The van der Waals surface area contributed by atoms with Crippen molar-refractivity contribution < 1.29 is 9.53 Å². The molecule has 1 aromatic carbocycles. The van der Waals surface area contributed by atoms with E-state index in [4.69, 9.17) is 16.3 Å². The first-order valence-electron chi connectivity index (χ1n) is 8.73. The zero-order valence-corrected chi connectivity index (χ0v) is 16.6. The number of carbonyl (C=O) groups excluding carboxylic acids is 1. The second-order valence-electron chi connectivity index (χ2n) is 6.98. The van der Waals surface area contributed by atoms with E-state index in [1.807, 2.05) is 4.90 Å². The molecule has 10 heteroatoms. The Labute approximate surface area is 168 Å². The van der Waals surface area contributed by atoms with Gasteiger partial charge in [0.2, 0.25) is 0 Å². The molecule has 0 aliphatic carbocycles. The first kappa shape index (κ1) is 19.9. The average Bonchev–Trinajstić information content (AvgIpc) is 3.34. The van der Waals surface area contributed by atoms with Gasteiger partial charge in [0.15, 0.2) is 0 Å². The van der Waals surface area contributed by atoms with Crippen molar-refractivity contribution in [1.82, 2.24) is 30.4 Å². The quantitative estimate of drug-likeness (QED) is 0.828. The number of amides is 1. The van der Waals surface area contributed by atoms with E-state index in [1.165, 1.54) is 17.4 Å². The zero-order valence-electron chi connectivity index (χ0n) is 15.0. The van der Waals surface area contributed by atoms with Gasteiger partial charge in [-0.2, -0.15) is 4.68 Å². The van der Waals surface area contributed by atoms with Gasteiger partial charge < -0.3 is 15.0 Å². The van der Waals surface area contributed by atoms with Gasteiger partial charge in [-0.15, -0.1) is 17.5 Å². The number of tetrazole rings is 1. The Hall–Kier alpha value is -1.90. The second-order valence-corrected chi connectivity index (χ2v) is 7.38. The lowest BCUT2D eigenvalue weighted by molar-refractivity contribution is 0.0604. The van der Waals surface area contributed by atoms with Gasteiger partial charge >= 0.3 is 0 Å². The smallest absolute Gasteiger partial charge is 0.257 e. The van der Waals surface area contributed by atoms with E-state index in [2.05, 4.69) is 20.8 Å². The fourth-order valence-electron chi connectivity index (χ4n) is 3.90. The highest BCUT2D eigenvalue weighted by Crippen LogP contribution is 2.38. The van der Waals surface area contributed by atoms with E-state index < -0.39 is 0 Å². The largest absolute Gasteiger partial charge is 0.496 e. The maximum atomic E-state index is 13.1. The molecule has 0 bridgehead atoms. The molecule has 1 spiro atoms. The summed E-state index contributed by atoms with van der Waals surface area (Å²) in [5.74, 6) is 0.417. The van der Waals surface area contributed by atoms with Crippen LogP contribution in [0.5, 0.6) is 5.75 Å². The number of rotatable bonds is 3. The number of benzene rings is 1. The maximum Gasteiger partial charge on any atom is 0.257 e. The molecule has 3 heterocycles. The Kier molecular flexibility index (Phi) is 5.88. The fraction of sp³-hybridized carbons (Fsp3) is 0.529. The molecule has 2 aliphatic heterocycles. The normalized spacial score (nSPS) is 18.4. The summed E-state index contributed by atoms with van der Waals surface area (Å²) in [7, 11) is 1.54. The predicted octanol–water partition coefficient (Wildman–Crippen LogP) is 1.96. The molecule has 2 aliphatic rings. The molecule has 2 saturated heterocycles. The highest BCUT2D eigenvalue weighted by atomic mass is 35.5. The van der Waals surface area contributed by atoms with Crippen LogP contribution >= 0.6 is 24.0 Å². The number of halogens is 2. The second kappa shape index (κ2) is 8.00. The Morgan fingerprint density at radius 2 is 2.07 bits per heavy atom. The predicted molar refractivity (Wildman–Crippen MR) is 103 cm³/mol. The molecule has 27 heavy (non-hydrogen) atoms. The number of methoxy groups -OCH3 is 1. The Morgan fingerprint density at radius 1 is 1.30 bits per heavy atom. The van der Waals surface area contributed by atoms with Crippen LogP contribution < -0.4 is 10.1 Å². The highest BCUT2D eigenvalue weighted by molar-refractivity contribution is 6.33. The standard InChI is InChI=1S/C17H21ClN6O2.ClH/c1-26-15-9-14(24-11-20-21-22-24)13(18)8-12(15)16(25)23-6-3-17(4-7-23)2-5-19-10-17;/h8-9,11,19H,2-7,10H2,1H3;1H. The van der Waals surface area contributed by atoms with Gasteiger partial charge in [0.05, 0.1) is 23.4 Å². The molecule has 0 radical (unpaired) electrons. The summed E-state index contributed by atoms with van der Waals surface area (Å²) in [5, 5.41) is 14.9. The van der Waals surface area contributed by atoms with Crippen LogP contribution in [0, 0.1) is 5.41 Å². The SMILES string of the molecule is COc1cc(-n2cnnn2)c(Cl)cc1C(=O)N1CCC2(CCNC2)CC1.Cl. The molecule has 0 saturated carbocycles. The van der Waals surface area contributed by atoms with Crippen LogP contribution in [0.15, 0.2) is 18.5 Å². The number of hydrogen-bond donors (Lipinski definition) is 1. The van der Waals surface area contributed by atoms with Gasteiger partial charge in [-0.1, -0.05) is 11.6 Å². The monoisotopic (exact) mass is 412 g/mol. The summed E-state index contributed by atoms with van der Waals surface area (Å²) in [4.78, 5) is 15.0. The van der Waals surface area contributed by atoms with Gasteiger partial charge in [0, 0.05) is 25.7 Å². The van der Waals surface area contributed by atoms with Gasteiger partial charge in [0.25, 0.3) is 5.91 Å². The molecular formula is C17H22Cl2N6O2. The van der Waals surface area contributed by atoms with Crippen molar-refractivity contribution in [3.05, 3.63) is 29.0 Å². The van der Waals surface area contributed by atoms with Gasteiger partial charge in [0.1, 0.15) is 12.1 Å². The summed E-state index contributed by atoms with van der Waals surface area (Å²) < 4.78 is 6.89. The third-order valence-electron chi connectivity index (χ3n) is 5.54. The summed E-state index contributed by atoms with van der Waals surface area (Å²) >= 11 is 6.38. The third kappa shape index (κ3) is 3.74. The van der Waals surface area contributed by atoms with Gasteiger partial charge in [-0.05, 0) is 47.7 Å². The van der Waals surface area contributed by atoms with Gasteiger partial charge in [-0.25, -0.2) is 0 Å². The van der Waals surface area contributed by atoms with E-state index >= 15 is 0 Å². The topological polar surface area (TPSA) is 85.2 Å². The van der Waals surface area contributed by atoms with Crippen LogP contribution in [-0.2, 0) is 0 Å². The number of likely N-dealkylation sites (tertiary alicyclic amines) is 1. The van der Waals surface area contributed by atoms with Crippen LogP contribution in [0.25, 0.3) is 5.69 Å². The third-order valence-corrected chi connectivity index (χ3v) is 5.84. The number of ether oxygens (including phenoxy) is 1. The Bertz CT molecular complexity index is 798. The minimum atomic E-state index is -0.0483. The van der Waals surface area contributed by atoms with Crippen LogP contribution in [0.2, 0.25) is 5.02 Å². The van der Waals surface area contributed by atoms with Crippen LogP contribution in [0.3, 0.4) is 0 Å². The number of nitrogens with one attached hydrogen (secondary N) is 1. The lowest BCUT2D eigenvalue weighted by Gasteiger charge is -2.39. The molecule has 2 fully saturated rings. The molecule has 1 amide bonds. The fourth-order valence-corrected chi connectivity index (χ4v) is 4.15. The first-order valence-corrected chi connectivity index (χ1v) is 9.11. The minimum absolute atomic E-state index is 0. The van der Waals surface area contributed by atoms with Crippen molar-refractivity contribution in [2.45, 2.75) is 19.3 Å². The lowest BCUT2D eigenvalue weighted by atomic mass is 9.78. The number of piperidine rings is 1. The molecule has 1 N–H and O–H groups in total. The van der Waals surface area contributed by atoms with Crippen molar-refractivity contribution in [2.75, 3.05) is 33.3 Å². The maximum absolute atomic E-state index is 13.1. The van der Waals surface area contributed by atoms with E-state index in [9.17, 15) is 4.79 Å². The summed E-state index contributed by atoms with van der Waals surface area (Å²) in [6.45, 7) is 3.66. The van der Waals surface area contributed by atoms with Crippen LogP contribution in [-0.4, -0.2) is 64.3 Å². The molecule has 0 atom stereocenters. The number of aromatic nitrogens is 4. The summed E-state index contributed by atoms with van der Waals surface area (Å²) in [5.41, 5.74) is 1.40. The van der Waals surface area contributed by atoms with E-state index in [0.717, 1.165) is 39.0 Å². The van der Waals surface area contributed by atoms with E-state index in [1.54, 1.807) is 19.2 Å². The molecule has 1 aromatic heterocycles. The minimum Gasteiger partial charge on any atom is -0.496 e. The number of nitrogens with zero attached hydrogens (tertiary/aromatic N) is 5. The van der Waals surface area contributed by atoms with Crippen LogP contribution in [0.1, 0.15) is 29.6 Å². The summed E-state index contributed by atoms with van der Waals surface area (Å²) in [6, 6.07) is 3.33. The first-order chi connectivity index (χ1) is 12.6. The van der Waals surface area contributed by atoms with E-state index in [-0.39, 0.29) is 18.3 Å². The molecular weight excluding hydrogens is 391 g/mol. The van der Waals surface area contributed by atoms with Crippen molar-refractivity contribution in [3.63, 3.8) is 0 Å². The van der Waals surface area contributed by atoms with Crippen molar-refractivity contribution in [2.24, 2.45) is 5.41 Å². The molecule has 4 rings (SSSR count). The zero-order chi connectivity index (χ0) is 18.1. The Morgan fingerprint density at radius 3 is 2.67 bits per heavy atom. The highest BCUT2D eigenvalue weighted by Gasteiger charge is 2.38. The van der Waals surface area contributed by atoms with Crippen molar-refractivity contribution >= 4 is 29.9 Å². The Balaban J connectivity index is 0.00000210. The van der Waals surface area contributed by atoms with Crippen molar-refractivity contribution in [3.8, 4) is 11.4 Å². The number of carbonyl (C=O) groups is 1. The summed E-state index contributed by atoms with van der Waals surface area (Å²) in [6.07, 6.45) is 4.71. The van der Waals surface area contributed by atoms with Gasteiger partial charge in [-0.3, -0.25) is 4.79 Å². The molecule has 146 valence electrons. The molecule has 2 aromatic rings. The lowest BCUT2D eigenvalue weighted by Crippen LogP contribution is -2.44. The average molecular weight is 413 g/mol. The van der Waals surface area contributed by atoms with Crippen LogP contribution in [0.4, 0.5) is 0 Å². The van der Waals surface area contributed by atoms with E-state index in [0.29, 0.717) is 27.4 Å².